The van der Waals surface area contributed by atoms with Crippen molar-refractivity contribution in [3.63, 3.8) is 0 Å². The number of benzene rings is 2. The summed E-state index contributed by atoms with van der Waals surface area (Å²) in [5.74, 6) is -0.545. The molecule has 234 valence electrons. The maximum Gasteiger partial charge on any atom is 0.246 e. The van der Waals surface area contributed by atoms with Crippen molar-refractivity contribution in [3.05, 3.63) is 59.7 Å². The minimum absolute atomic E-state index is 0.0996. The lowest BCUT2D eigenvalue weighted by atomic mass is 9.83. The number of sulfonamides is 1. The molecule has 2 fully saturated rings. The zero-order chi connectivity index (χ0) is 31.1. The number of methoxy groups -OCH3 is 1. The van der Waals surface area contributed by atoms with Gasteiger partial charge >= 0.3 is 0 Å². The number of rotatable bonds is 13. The molecule has 2 saturated heterocycles. The first-order chi connectivity index (χ1) is 20.5. The number of nitrogens with one attached hydrogen (secondary N) is 3. The Morgan fingerprint density at radius 2 is 1.77 bits per heavy atom. The van der Waals surface area contributed by atoms with E-state index in [2.05, 4.69) is 15.4 Å². The predicted molar refractivity (Wildman–Crippen MR) is 163 cm³/mol. The second kappa shape index (κ2) is 14.3. The fourth-order valence-corrected chi connectivity index (χ4v) is 6.93. The summed E-state index contributed by atoms with van der Waals surface area (Å²) in [4.78, 5) is 41.7. The van der Waals surface area contributed by atoms with Crippen LogP contribution in [-0.4, -0.2) is 75.4 Å². The number of ether oxygens (including phenoxy) is 1. The molecule has 2 aliphatic heterocycles. The molecule has 12 heteroatoms. The van der Waals surface area contributed by atoms with Crippen molar-refractivity contribution < 1.29 is 27.5 Å². The fourth-order valence-electron chi connectivity index (χ4n) is 5.88. The van der Waals surface area contributed by atoms with Gasteiger partial charge in [-0.1, -0.05) is 36.8 Å². The third kappa shape index (κ3) is 7.92. The van der Waals surface area contributed by atoms with Crippen molar-refractivity contribution in [3.8, 4) is 5.75 Å². The minimum atomic E-state index is -3.73. The Kier molecular flexibility index (Phi) is 10.8. The third-order valence-electron chi connectivity index (χ3n) is 8.46. The average molecular weight is 614 g/mol. The molecule has 3 amide bonds. The highest BCUT2D eigenvalue weighted by atomic mass is 32.2. The van der Waals surface area contributed by atoms with Crippen LogP contribution in [-0.2, 0) is 30.8 Å². The van der Waals surface area contributed by atoms with Gasteiger partial charge < -0.3 is 26.0 Å². The number of fused-ring (bicyclic) bond motifs is 1. The summed E-state index contributed by atoms with van der Waals surface area (Å²) in [6.07, 6.45) is 3.09. The van der Waals surface area contributed by atoms with Gasteiger partial charge in [-0.2, -0.15) is 0 Å². The number of hydrogen-bond donors (Lipinski definition) is 4. The summed E-state index contributed by atoms with van der Waals surface area (Å²) in [5, 5.41) is 5.80. The highest BCUT2D eigenvalue weighted by molar-refractivity contribution is 7.89. The molecular formula is C31H43N5O6S. The van der Waals surface area contributed by atoms with Crippen molar-refractivity contribution in [2.75, 3.05) is 20.2 Å². The Bertz CT molecular complexity index is 1380. The number of hydrogen-bond acceptors (Lipinski definition) is 7. The van der Waals surface area contributed by atoms with E-state index in [-0.39, 0.29) is 35.2 Å². The normalized spacial score (nSPS) is 22.5. The summed E-state index contributed by atoms with van der Waals surface area (Å²) < 4.78 is 33.5. The van der Waals surface area contributed by atoms with Crippen molar-refractivity contribution in [1.82, 2.24) is 20.3 Å². The van der Waals surface area contributed by atoms with Crippen LogP contribution < -0.4 is 25.8 Å². The maximum absolute atomic E-state index is 13.9. The Morgan fingerprint density at radius 3 is 2.42 bits per heavy atom. The predicted octanol–water partition coefficient (Wildman–Crippen LogP) is 1.63. The largest absolute Gasteiger partial charge is 0.497 e. The van der Waals surface area contributed by atoms with E-state index in [1.54, 1.807) is 43.2 Å². The first kappa shape index (κ1) is 32.4. The van der Waals surface area contributed by atoms with Gasteiger partial charge in [0.25, 0.3) is 0 Å². The van der Waals surface area contributed by atoms with Gasteiger partial charge in [0.15, 0.2) is 0 Å². The lowest BCUT2D eigenvalue weighted by Gasteiger charge is -2.42. The van der Waals surface area contributed by atoms with E-state index in [0.717, 1.165) is 16.9 Å². The summed E-state index contributed by atoms with van der Waals surface area (Å²) in [7, 11) is -2.12. The number of carbonyl (C=O) groups excluding carboxylic acids is 3. The van der Waals surface area contributed by atoms with Crippen LogP contribution in [0.2, 0.25) is 0 Å². The van der Waals surface area contributed by atoms with Gasteiger partial charge in [-0.25, -0.2) is 13.1 Å². The molecule has 5 N–H and O–H groups in total. The van der Waals surface area contributed by atoms with Gasteiger partial charge in [-0.05, 0) is 81.2 Å². The molecule has 2 aromatic carbocycles. The van der Waals surface area contributed by atoms with E-state index in [1.807, 2.05) is 31.2 Å². The molecule has 2 aliphatic rings. The lowest BCUT2D eigenvalue weighted by Crippen LogP contribution is -2.63. The molecule has 2 heterocycles. The average Bonchev–Trinajstić information content (AvgIpc) is 3.43. The van der Waals surface area contributed by atoms with Crippen LogP contribution in [0.1, 0.15) is 50.2 Å². The van der Waals surface area contributed by atoms with Crippen LogP contribution in [0.3, 0.4) is 0 Å². The molecular weight excluding hydrogens is 570 g/mol. The monoisotopic (exact) mass is 613 g/mol. The molecule has 1 unspecified atom stereocenters. The highest BCUT2D eigenvalue weighted by Crippen LogP contribution is 2.37. The zero-order valence-electron chi connectivity index (χ0n) is 25.0. The standard InChI is InChI=1S/C31H43N5O6S/c1-4-26(32)29(37)35-28-22(16-18-34-43(40,41)25-12-5-20(2)6-13-25)19-23-9-14-27(36(23)31(28)39)30(38)33-17-15-21-7-10-24(42-3)11-8-21/h5-8,10-13,22-23,26-28,34H,4,9,14-19,32H2,1-3H3,(H,33,38)(H,35,37)/t22-,23?,26-,27-,28-/m0/s1. The van der Waals surface area contributed by atoms with Gasteiger partial charge in [-0.3, -0.25) is 14.4 Å². The quantitative estimate of drug-likeness (QED) is 0.267. The summed E-state index contributed by atoms with van der Waals surface area (Å²) in [6.45, 7) is 4.19. The van der Waals surface area contributed by atoms with E-state index in [0.29, 0.717) is 45.1 Å². The van der Waals surface area contributed by atoms with Crippen molar-refractivity contribution in [2.45, 2.75) is 81.4 Å². The van der Waals surface area contributed by atoms with Crippen molar-refractivity contribution in [1.29, 1.82) is 0 Å². The molecule has 5 atom stereocenters. The minimum Gasteiger partial charge on any atom is -0.497 e. The first-order valence-corrected chi connectivity index (χ1v) is 16.4. The maximum atomic E-state index is 13.9. The zero-order valence-corrected chi connectivity index (χ0v) is 25.9. The van der Waals surface area contributed by atoms with E-state index in [9.17, 15) is 22.8 Å². The van der Waals surface area contributed by atoms with E-state index in [4.69, 9.17) is 10.5 Å². The van der Waals surface area contributed by atoms with Crippen LogP contribution >= 0.6 is 0 Å². The van der Waals surface area contributed by atoms with Gasteiger partial charge in [0.05, 0.1) is 18.0 Å². The summed E-state index contributed by atoms with van der Waals surface area (Å²) >= 11 is 0. The molecule has 4 rings (SSSR count). The Labute approximate surface area is 254 Å². The second-order valence-electron chi connectivity index (χ2n) is 11.4. The number of aryl methyl sites for hydroxylation is 1. The third-order valence-corrected chi connectivity index (χ3v) is 9.93. The molecule has 43 heavy (non-hydrogen) atoms. The number of piperidine rings is 1. The number of nitrogens with zero attached hydrogens (tertiary/aromatic N) is 1. The number of amides is 3. The van der Waals surface area contributed by atoms with Gasteiger partial charge in [0, 0.05) is 19.1 Å². The van der Waals surface area contributed by atoms with Crippen molar-refractivity contribution >= 4 is 27.7 Å². The Morgan fingerprint density at radius 1 is 1.07 bits per heavy atom. The molecule has 0 radical (unpaired) electrons. The summed E-state index contributed by atoms with van der Waals surface area (Å²) in [5.41, 5.74) is 7.96. The molecule has 0 saturated carbocycles. The van der Waals surface area contributed by atoms with Crippen LogP contribution in [0.15, 0.2) is 53.4 Å². The van der Waals surface area contributed by atoms with E-state index < -0.39 is 34.1 Å². The molecule has 0 aromatic heterocycles. The van der Waals surface area contributed by atoms with E-state index >= 15 is 0 Å². The SMILES string of the molecule is CC[C@H](N)C(=O)N[C@@H]1C(=O)N2C(CC[C@H]2C(=O)NCCc2ccc(OC)cc2)C[C@@H]1CCNS(=O)(=O)c1ccc(C)cc1. The lowest BCUT2D eigenvalue weighted by molar-refractivity contribution is -0.148. The van der Waals surface area contributed by atoms with Crippen LogP contribution in [0.25, 0.3) is 0 Å². The first-order valence-electron chi connectivity index (χ1n) is 14.9. The highest BCUT2D eigenvalue weighted by Gasteiger charge is 2.50. The number of nitrogens with two attached hydrogens (primary N) is 1. The van der Waals surface area contributed by atoms with Crippen LogP contribution in [0.4, 0.5) is 0 Å². The second-order valence-corrected chi connectivity index (χ2v) is 13.1. The number of carbonyl (C=O) groups is 3. The Hall–Kier alpha value is -3.48. The van der Waals surface area contributed by atoms with Gasteiger partial charge in [0.2, 0.25) is 27.7 Å². The summed E-state index contributed by atoms with van der Waals surface area (Å²) in [6, 6.07) is 11.7. The van der Waals surface area contributed by atoms with Crippen LogP contribution in [0.5, 0.6) is 5.75 Å². The molecule has 0 spiro atoms. The van der Waals surface area contributed by atoms with Crippen LogP contribution in [0, 0.1) is 12.8 Å². The molecule has 0 bridgehead atoms. The molecule has 11 nitrogen and oxygen atoms in total. The topological polar surface area (TPSA) is 160 Å². The Balaban J connectivity index is 1.41. The molecule has 0 aliphatic carbocycles. The molecule has 2 aromatic rings. The smallest absolute Gasteiger partial charge is 0.246 e. The van der Waals surface area contributed by atoms with Gasteiger partial charge in [0.1, 0.15) is 17.8 Å². The van der Waals surface area contributed by atoms with Gasteiger partial charge in [-0.15, -0.1) is 0 Å². The van der Waals surface area contributed by atoms with Crippen molar-refractivity contribution in [2.24, 2.45) is 11.7 Å². The van der Waals surface area contributed by atoms with E-state index in [1.165, 1.54) is 0 Å². The fraction of sp³-hybridized carbons (Fsp3) is 0.516.